The van der Waals surface area contributed by atoms with E-state index in [1.54, 1.807) is 12.1 Å². The lowest BCUT2D eigenvalue weighted by Crippen LogP contribution is -2.21. The van der Waals surface area contributed by atoms with Crippen LogP contribution in [0.1, 0.15) is 26.3 Å². The zero-order valence-corrected chi connectivity index (χ0v) is 15.6. The molecule has 0 radical (unpaired) electrons. The number of benzene rings is 1. The van der Waals surface area contributed by atoms with Crippen molar-refractivity contribution in [1.29, 1.82) is 0 Å². The summed E-state index contributed by atoms with van der Waals surface area (Å²) in [5.74, 6) is 0.809. The van der Waals surface area contributed by atoms with Crippen LogP contribution in [0.15, 0.2) is 34.9 Å². The fraction of sp³-hybridized carbons (Fsp3) is 0.500. The quantitative estimate of drug-likeness (QED) is 0.725. The normalized spacial score (nSPS) is 19.3. The third-order valence-corrected chi connectivity index (χ3v) is 5.62. The molecule has 2 rings (SSSR count). The van der Waals surface area contributed by atoms with Crippen molar-refractivity contribution < 1.29 is 17.9 Å². The van der Waals surface area contributed by atoms with E-state index in [-0.39, 0.29) is 6.10 Å². The predicted octanol–water partition coefficient (Wildman–Crippen LogP) is 3.41. The van der Waals surface area contributed by atoms with Crippen LogP contribution in [0.5, 0.6) is 0 Å². The molecule has 0 aromatic heterocycles. The molecule has 0 aliphatic carbocycles. The SMILES string of the molecule is CC(CBr)OC1=C(c2ccc(S(C)(=O)=O)cc2)C(C)(C)OC1. The first-order valence-electron chi connectivity index (χ1n) is 7.06. The number of hydrogen-bond donors (Lipinski definition) is 0. The van der Waals surface area contributed by atoms with Gasteiger partial charge in [0.15, 0.2) is 9.84 Å². The van der Waals surface area contributed by atoms with E-state index < -0.39 is 15.4 Å². The first kappa shape index (κ1) is 17.5. The van der Waals surface area contributed by atoms with Crippen molar-refractivity contribution in [3.8, 4) is 0 Å². The molecule has 122 valence electrons. The third kappa shape index (κ3) is 3.73. The fourth-order valence-corrected chi connectivity index (χ4v) is 3.23. The Morgan fingerprint density at radius 1 is 1.32 bits per heavy atom. The highest BCUT2D eigenvalue weighted by atomic mass is 79.9. The van der Waals surface area contributed by atoms with Gasteiger partial charge in [-0.25, -0.2) is 8.42 Å². The number of ether oxygens (including phenoxy) is 2. The lowest BCUT2D eigenvalue weighted by Gasteiger charge is -2.22. The van der Waals surface area contributed by atoms with Crippen molar-refractivity contribution in [1.82, 2.24) is 0 Å². The van der Waals surface area contributed by atoms with Gasteiger partial charge in [-0.15, -0.1) is 0 Å². The van der Waals surface area contributed by atoms with E-state index in [0.717, 1.165) is 22.2 Å². The smallest absolute Gasteiger partial charge is 0.175 e. The predicted molar refractivity (Wildman–Crippen MR) is 90.8 cm³/mol. The topological polar surface area (TPSA) is 52.6 Å². The molecule has 6 heteroatoms. The van der Waals surface area contributed by atoms with Gasteiger partial charge in [0.2, 0.25) is 0 Å². The van der Waals surface area contributed by atoms with Gasteiger partial charge < -0.3 is 9.47 Å². The molecule has 1 aromatic rings. The Hall–Kier alpha value is -0.850. The maximum absolute atomic E-state index is 11.6. The molecule has 4 nitrogen and oxygen atoms in total. The molecule has 0 spiro atoms. The molecule has 1 unspecified atom stereocenters. The van der Waals surface area contributed by atoms with E-state index in [0.29, 0.717) is 11.5 Å². The van der Waals surface area contributed by atoms with E-state index in [1.807, 2.05) is 32.9 Å². The Morgan fingerprint density at radius 2 is 1.91 bits per heavy atom. The molecule has 0 bridgehead atoms. The first-order valence-corrected chi connectivity index (χ1v) is 10.1. The zero-order chi connectivity index (χ0) is 16.5. The number of hydrogen-bond acceptors (Lipinski definition) is 4. The van der Waals surface area contributed by atoms with Gasteiger partial charge in [0.05, 0.1) is 10.5 Å². The monoisotopic (exact) mass is 388 g/mol. The van der Waals surface area contributed by atoms with Crippen molar-refractivity contribution in [3.05, 3.63) is 35.6 Å². The average Bonchev–Trinajstić information content (AvgIpc) is 2.72. The van der Waals surface area contributed by atoms with Gasteiger partial charge in [0.1, 0.15) is 18.5 Å². The summed E-state index contributed by atoms with van der Waals surface area (Å²) in [5.41, 5.74) is 1.43. The van der Waals surface area contributed by atoms with Crippen molar-refractivity contribution in [2.24, 2.45) is 0 Å². The zero-order valence-electron chi connectivity index (χ0n) is 13.2. The van der Waals surface area contributed by atoms with Gasteiger partial charge >= 0.3 is 0 Å². The Kier molecular flexibility index (Phi) is 5.04. The summed E-state index contributed by atoms with van der Waals surface area (Å²) >= 11 is 3.40. The maximum Gasteiger partial charge on any atom is 0.175 e. The van der Waals surface area contributed by atoms with Gasteiger partial charge in [0, 0.05) is 17.2 Å². The van der Waals surface area contributed by atoms with Gasteiger partial charge in [-0.2, -0.15) is 0 Å². The number of sulfone groups is 1. The second-order valence-corrected chi connectivity index (χ2v) is 8.64. The van der Waals surface area contributed by atoms with Gasteiger partial charge in [-0.1, -0.05) is 28.1 Å². The Labute approximate surface area is 140 Å². The highest BCUT2D eigenvalue weighted by molar-refractivity contribution is 9.09. The number of rotatable bonds is 5. The molecule has 0 fully saturated rings. The summed E-state index contributed by atoms with van der Waals surface area (Å²) in [6, 6.07) is 6.86. The minimum Gasteiger partial charge on any atom is -0.491 e. The van der Waals surface area contributed by atoms with Crippen molar-refractivity contribution in [2.45, 2.75) is 37.4 Å². The third-order valence-electron chi connectivity index (χ3n) is 3.58. The van der Waals surface area contributed by atoms with Crippen LogP contribution in [-0.4, -0.2) is 38.3 Å². The fourth-order valence-electron chi connectivity index (χ4n) is 2.47. The maximum atomic E-state index is 11.6. The number of alkyl halides is 1. The lowest BCUT2D eigenvalue weighted by atomic mass is 9.92. The summed E-state index contributed by atoms with van der Waals surface area (Å²) in [6.45, 7) is 6.38. The molecular formula is C16H21BrO4S. The van der Waals surface area contributed by atoms with Crippen LogP contribution in [0.25, 0.3) is 5.57 Å². The number of halogens is 1. The van der Waals surface area contributed by atoms with Gasteiger partial charge in [-0.3, -0.25) is 0 Å². The minimum absolute atomic E-state index is 0.0396. The van der Waals surface area contributed by atoms with E-state index in [9.17, 15) is 8.42 Å². The van der Waals surface area contributed by atoms with Crippen molar-refractivity contribution in [3.63, 3.8) is 0 Å². The summed E-state index contributed by atoms with van der Waals surface area (Å²) in [7, 11) is -3.19. The van der Waals surface area contributed by atoms with Crippen LogP contribution in [0.2, 0.25) is 0 Å². The van der Waals surface area contributed by atoms with Crippen LogP contribution in [0.3, 0.4) is 0 Å². The Bertz CT molecular complexity index is 675. The summed E-state index contributed by atoms with van der Waals surface area (Å²) in [4.78, 5) is 0.310. The molecule has 0 saturated carbocycles. The average molecular weight is 389 g/mol. The molecule has 0 saturated heterocycles. The Morgan fingerprint density at radius 3 is 2.41 bits per heavy atom. The largest absolute Gasteiger partial charge is 0.491 e. The highest BCUT2D eigenvalue weighted by Gasteiger charge is 2.36. The van der Waals surface area contributed by atoms with E-state index in [2.05, 4.69) is 15.9 Å². The minimum atomic E-state index is -3.19. The van der Waals surface area contributed by atoms with Crippen LogP contribution in [-0.2, 0) is 19.3 Å². The Balaban J connectivity index is 2.43. The van der Waals surface area contributed by atoms with Crippen LogP contribution < -0.4 is 0 Å². The molecule has 1 atom stereocenters. The molecule has 1 aromatic carbocycles. The van der Waals surface area contributed by atoms with E-state index in [1.165, 1.54) is 6.26 Å². The van der Waals surface area contributed by atoms with Crippen molar-refractivity contribution in [2.75, 3.05) is 18.2 Å². The summed E-state index contributed by atoms with van der Waals surface area (Å²) in [6.07, 6.45) is 1.24. The summed E-state index contributed by atoms with van der Waals surface area (Å²) in [5, 5.41) is 0.733. The van der Waals surface area contributed by atoms with Crippen LogP contribution >= 0.6 is 15.9 Å². The molecule has 1 heterocycles. The van der Waals surface area contributed by atoms with Crippen LogP contribution in [0, 0.1) is 0 Å². The second kappa shape index (κ2) is 6.34. The molecule has 0 N–H and O–H groups in total. The first-order chi connectivity index (χ1) is 10.1. The summed E-state index contributed by atoms with van der Waals surface area (Å²) < 4.78 is 34.9. The van der Waals surface area contributed by atoms with E-state index in [4.69, 9.17) is 9.47 Å². The second-order valence-electron chi connectivity index (χ2n) is 5.98. The molecule has 22 heavy (non-hydrogen) atoms. The molecule has 1 aliphatic rings. The molecule has 1 aliphatic heterocycles. The van der Waals surface area contributed by atoms with E-state index >= 15 is 0 Å². The molecule has 0 amide bonds. The van der Waals surface area contributed by atoms with Crippen LogP contribution in [0.4, 0.5) is 0 Å². The standard InChI is InChI=1S/C16H21BrO4S/c1-11(9-17)21-14-10-20-16(2,3)15(14)12-5-7-13(8-6-12)22(4,18)19/h5-8,11H,9-10H2,1-4H3. The highest BCUT2D eigenvalue weighted by Crippen LogP contribution is 2.39. The molecular weight excluding hydrogens is 368 g/mol. The van der Waals surface area contributed by atoms with Gasteiger partial charge in [0.25, 0.3) is 0 Å². The lowest BCUT2D eigenvalue weighted by molar-refractivity contribution is 0.0390. The van der Waals surface area contributed by atoms with Gasteiger partial charge in [-0.05, 0) is 38.5 Å². The van der Waals surface area contributed by atoms with Crippen molar-refractivity contribution >= 4 is 31.3 Å².